The van der Waals surface area contributed by atoms with Crippen molar-refractivity contribution in [3.05, 3.63) is 0 Å². The molecular weight excluding hydrogens is 160 g/mol. The van der Waals surface area contributed by atoms with Crippen molar-refractivity contribution < 1.29 is 10.2 Å². The topological polar surface area (TPSA) is 103 Å². The van der Waals surface area contributed by atoms with Crippen LogP contribution in [0.1, 0.15) is 0 Å². The van der Waals surface area contributed by atoms with Gasteiger partial charge in [0.15, 0.2) is 0 Å². The number of aliphatic hydroxyl groups excluding tert-OH is 2. The van der Waals surface area contributed by atoms with E-state index in [0.717, 1.165) is 0 Å². The standard InChI is InChI=1S/C6H18N4O2/c1-8-5(7)4(10-3-11)6(12)9-2/h4-6,8-12H,3,7H2,1-2H3/t4?,5-,6?/m1/s1. The second-order valence-electron chi connectivity index (χ2n) is 2.44. The Kier molecular flexibility index (Phi) is 6.17. The van der Waals surface area contributed by atoms with E-state index in [2.05, 4.69) is 16.0 Å². The molecule has 0 aliphatic carbocycles. The van der Waals surface area contributed by atoms with Gasteiger partial charge in [0.2, 0.25) is 0 Å². The molecule has 0 radical (unpaired) electrons. The lowest BCUT2D eigenvalue weighted by Gasteiger charge is -2.27. The molecule has 0 heterocycles. The normalized spacial score (nSPS) is 18.8. The van der Waals surface area contributed by atoms with Crippen molar-refractivity contribution in [2.75, 3.05) is 20.8 Å². The van der Waals surface area contributed by atoms with Crippen LogP contribution in [0.15, 0.2) is 0 Å². The molecule has 0 aliphatic heterocycles. The van der Waals surface area contributed by atoms with Gasteiger partial charge in [-0.1, -0.05) is 0 Å². The Morgan fingerprint density at radius 2 is 1.92 bits per heavy atom. The largest absolute Gasteiger partial charge is 0.381 e. The Morgan fingerprint density at radius 3 is 2.25 bits per heavy atom. The first-order valence-electron chi connectivity index (χ1n) is 3.79. The van der Waals surface area contributed by atoms with Crippen LogP contribution in [0.2, 0.25) is 0 Å². The van der Waals surface area contributed by atoms with Crippen molar-refractivity contribution in [3.8, 4) is 0 Å². The highest BCUT2D eigenvalue weighted by molar-refractivity contribution is 4.80. The predicted octanol–water partition coefficient (Wildman–Crippen LogP) is -3.06. The summed E-state index contributed by atoms with van der Waals surface area (Å²) in [5, 5.41) is 26.0. The number of aliphatic hydroxyl groups is 2. The van der Waals surface area contributed by atoms with Crippen molar-refractivity contribution in [1.29, 1.82) is 0 Å². The Bertz CT molecular complexity index is 104. The van der Waals surface area contributed by atoms with Crippen LogP contribution in [0.3, 0.4) is 0 Å². The zero-order valence-corrected chi connectivity index (χ0v) is 7.41. The molecule has 0 rings (SSSR count). The molecule has 3 atom stereocenters. The van der Waals surface area contributed by atoms with Crippen molar-refractivity contribution >= 4 is 0 Å². The van der Waals surface area contributed by atoms with Crippen LogP contribution in [0.25, 0.3) is 0 Å². The van der Waals surface area contributed by atoms with Gasteiger partial charge in [-0.3, -0.25) is 10.6 Å². The van der Waals surface area contributed by atoms with E-state index in [9.17, 15) is 5.11 Å². The highest BCUT2D eigenvalue weighted by Crippen LogP contribution is 1.91. The van der Waals surface area contributed by atoms with Crippen molar-refractivity contribution in [1.82, 2.24) is 16.0 Å². The van der Waals surface area contributed by atoms with Crippen LogP contribution in [0.4, 0.5) is 0 Å². The molecule has 0 saturated carbocycles. The van der Waals surface area contributed by atoms with Gasteiger partial charge in [0.1, 0.15) is 6.23 Å². The number of nitrogens with one attached hydrogen (secondary N) is 3. The van der Waals surface area contributed by atoms with Gasteiger partial charge in [0.25, 0.3) is 0 Å². The molecule has 7 N–H and O–H groups in total. The smallest absolute Gasteiger partial charge is 0.123 e. The van der Waals surface area contributed by atoms with Gasteiger partial charge in [-0.15, -0.1) is 0 Å². The molecule has 0 aromatic carbocycles. The number of rotatable bonds is 6. The lowest BCUT2D eigenvalue weighted by Crippen LogP contribution is -2.61. The minimum Gasteiger partial charge on any atom is -0.381 e. The first-order chi connectivity index (χ1) is 5.67. The second-order valence-corrected chi connectivity index (χ2v) is 2.44. The average molecular weight is 178 g/mol. The van der Waals surface area contributed by atoms with Crippen LogP contribution >= 0.6 is 0 Å². The molecular formula is C6H18N4O2. The van der Waals surface area contributed by atoms with Crippen molar-refractivity contribution in [3.63, 3.8) is 0 Å². The van der Waals surface area contributed by atoms with Crippen molar-refractivity contribution in [2.24, 2.45) is 5.73 Å². The molecule has 0 bridgehead atoms. The first kappa shape index (κ1) is 11.8. The summed E-state index contributed by atoms with van der Waals surface area (Å²) in [6, 6.07) is -0.426. The maximum atomic E-state index is 9.35. The molecule has 6 heteroatoms. The molecule has 2 unspecified atom stereocenters. The summed E-state index contributed by atoms with van der Waals surface area (Å²) in [6.45, 7) is -0.223. The van der Waals surface area contributed by atoms with E-state index in [1.54, 1.807) is 14.1 Å². The van der Waals surface area contributed by atoms with Crippen LogP contribution in [0, 0.1) is 0 Å². The van der Waals surface area contributed by atoms with Crippen LogP contribution < -0.4 is 21.7 Å². The van der Waals surface area contributed by atoms with E-state index in [1.165, 1.54) is 0 Å². The van der Waals surface area contributed by atoms with E-state index in [0.29, 0.717) is 0 Å². The fourth-order valence-corrected chi connectivity index (χ4v) is 0.900. The fourth-order valence-electron chi connectivity index (χ4n) is 0.900. The lowest BCUT2D eigenvalue weighted by atomic mass is 10.2. The summed E-state index contributed by atoms with van der Waals surface area (Å²) in [5.74, 6) is 0. The molecule has 0 aromatic rings. The lowest BCUT2D eigenvalue weighted by molar-refractivity contribution is 0.0699. The van der Waals surface area contributed by atoms with Gasteiger partial charge in [-0.2, -0.15) is 0 Å². The van der Waals surface area contributed by atoms with Gasteiger partial charge in [-0.25, -0.2) is 0 Å². The summed E-state index contributed by atoms with van der Waals surface area (Å²) in [5.41, 5.74) is 5.60. The predicted molar refractivity (Wildman–Crippen MR) is 46.1 cm³/mol. The summed E-state index contributed by atoms with van der Waals surface area (Å²) in [6.07, 6.45) is -1.21. The summed E-state index contributed by atoms with van der Waals surface area (Å²) < 4.78 is 0. The van der Waals surface area contributed by atoms with Gasteiger partial charge >= 0.3 is 0 Å². The van der Waals surface area contributed by atoms with Crippen LogP contribution in [-0.2, 0) is 0 Å². The zero-order chi connectivity index (χ0) is 9.56. The van der Waals surface area contributed by atoms with E-state index in [-0.39, 0.29) is 6.73 Å². The Labute approximate surface area is 72.1 Å². The zero-order valence-electron chi connectivity index (χ0n) is 7.41. The minimum atomic E-state index is -0.792. The summed E-state index contributed by atoms with van der Waals surface area (Å²) >= 11 is 0. The van der Waals surface area contributed by atoms with E-state index < -0.39 is 18.4 Å². The molecule has 0 spiro atoms. The van der Waals surface area contributed by atoms with Crippen LogP contribution in [0.5, 0.6) is 0 Å². The van der Waals surface area contributed by atoms with E-state index in [1.807, 2.05) is 0 Å². The molecule has 6 nitrogen and oxygen atoms in total. The third-order valence-electron chi connectivity index (χ3n) is 1.68. The molecule has 0 aromatic heterocycles. The Hall–Kier alpha value is -0.240. The summed E-state index contributed by atoms with van der Waals surface area (Å²) in [7, 11) is 3.29. The number of likely N-dealkylation sites (N-methyl/N-ethyl adjacent to an activating group) is 2. The molecule has 12 heavy (non-hydrogen) atoms. The molecule has 0 fully saturated rings. The van der Waals surface area contributed by atoms with Gasteiger partial charge < -0.3 is 21.3 Å². The molecule has 0 saturated heterocycles. The van der Waals surface area contributed by atoms with E-state index >= 15 is 0 Å². The summed E-state index contributed by atoms with van der Waals surface area (Å²) in [4.78, 5) is 0. The maximum absolute atomic E-state index is 9.35. The van der Waals surface area contributed by atoms with Gasteiger partial charge in [0.05, 0.1) is 18.9 Å². The quantitative estimate of drug-likeness (QED) is 0.241. The molecule has 0 amide bonds. The van der Waals surface area contributed by atoms with Gasteiger partial charge in [0, 0.05) is 0 Å². The third-order valence-corrected chi connectivity index (χ3v) is 1.68. The fraction of sp³-hybridized carbons (Fsp3) is 1.00. The maximum Gasteiger partial charge on any atom is 0.123 e. The van der Waals surface area contributed by atoms with Crippen molar-refractivity contribution in [2.45, 2.75) is 18.4 Å². The SMILES string of the molecule is CNC(O)C(NCO)[C@H](N)NC. The number of hydrogen-bond donors (Lipinski definition) is 6. The number of nitrogens with two attached hydrogens (primary N) is 1. The average Bonchev–Trinajstić information content (AvgIpc) is 2.11. The molecule has 0 aliphatic rings. The number of hydrogen-bond acceptors (Lipinski definition) is 6. The van der Waals surface area contributed by atoms with Crippen LogP contribution in [-0.4, -0.2) is 49.5 Å². The second kappa shape index (κ2) is 6.30. The Morgan fingerprint density at radius 1 is 1.33 bits per heavy atom. The highest BCUT2D eigenvalue weighted by Gasteiger charge is 2.22. The monoisotopic (exact) mass is 178 g/mol. The third kappa shape index (κ3) is 3.44. The van der Waals surface area contributed by atoms with Gasteiger partial charge in [-0.05, 0) is 14.1 Å². The minimum absolute atomic E-state index is 0.223. The Balaban J connectivity index is 4.01. The van der Waals surface area contributed by atoms with E-state index in [4.69, 9.17) is 10.8 Å². The molecule has 74 valence electrons. The first-order valence-corrected chi connectivity index (χ1v) is 3.79. The highest BCUT2D eigenvalue weighted by atomic mass is 16.3.